The van der Waals surface area contributed by atoms with Crippen molar-refractivity contribution in [2.45, 2.75) is 40.8 Å². The van der Waals surface area contributed by atoms with Crippen molar-refractivity contribution in [3.8, 4) is 0 Å². The summed E-state index contributed by atoms with van der Waals surface area (Å²) in [5, 5.41) is 11.9. The third kappa shape index (κ3) is 4.14. The van der Waals surface area contributed by atoms with Gasteiger partial charge in [0.05, 0.1) is 21.5 Å². The molecule has 2 aromatic heterocycles. The molecule has 136 valence electrons. The molecule has 1 aromatic carbocycles. The van der Waals surface area contributed by atoms with Gasteiger partial charge in [-0.15, -0.1) is 0 Å². The van der Waals surface area contributed by atoms with Gasteiger partial charge in [-0.05, 0) is 55.8 Å². The highest BCUT2D eigenvalue weighted by molar-refractivity contribution is 14.1. The molecule has 26 heavy (non-hydrogen) atoms. The van der Waals surface area contributed by atoms with E-state index in [4.69, 9.17) is 0 Å². The standard InChI is InChI=1S/C19H22IN5O/c1-12-6-5-7-16(8-12)10-25-17(9-13(2)22-25)21-18(26)11-24-15(4)19(20)14(3)23-24/h5-9H,10-11H2,1-4H3,(H,21,26). The van der Waals surface area contributed by atoms with Gasteiger partial charge < -0.3 is 5.32 Å². The minimum atomic E-state index is -0.114. The van der Waals surface area contributed by atoms with Crippen molar-refractivity contribution in [3.63, 3.8) is 0 Å². The number of rotatable bonds is 5. The first kappa shape index (κ1) is 18.6. The number of hydrogen-bond acceptors (Lipinski definition) is 3. The molecule has 1 amide bonds. The summed E-state index contributed by atoms with van der Waals surface area (Å²) in [7, 11) is 0. The summed E-state index contributed by atoms with van der Waals surface area (Å²) in [4.78, 5) is 12.5. The number of nitrogens with one attached hydrogen (secondary N) is 1. The molecule has 6 nitrogen and oxygen atoms in total. The molecule has 0 saturated heterocycles. The number of anilines is 1. The molecule has 0 fully saturated rings. The van der Waals surface area contributed by atoms with E-state index in [0.29, 0.717) is 12.4 Å². The van der Waals surface area contributed by atoms with Gasteiger partial charge in [-0.3, -0.25) is 9.48 Å². The molecule has 0 unspecified atom stereocenters. The fraction of sp³-hybridized carbons (Fsp3) is 0.316. The molecule has 3 aromatic rings. The van der Waals surface area contributed by atoms with Crippen LogP contribution in [0.1, 0.15) is 28.2 Å². The number of hydrogen-bond donors (Lipinski definition) is 1. The molecule has 2 heterocycles. The number of aromatic nitrogens is 4. The predicted molar refractivity (Wildman–Crippen MR) is 110 cm³/mol. The summed E-state index contributed by atoms with van der Waals surface area (Å²) >= 11 is 2.25. The Bertz CT molecular complexity index is 957. The number of amides is 1. The molecule has 0 aliphatic rings. The van der Waals surface area contributed by atoms with Crippen LogP contribution in [0.25, 0.3) is 0 Å². The molecule has 0 bridgehead atoms. The lowest BCUT2D eigenvalue weighted by molar-refractivity contribution is -0.117. The molecule has 0 saturated carbocycles. The minimum Gasteiger partial charge on any atom is -0.309 e. The van der Waals surface area contributed by atoms with Crippen LogP contribution in [0, 0.1) is 31.3 Å². The third-order valence-corrected chi connectivity index (χ3v) is 5.73. The van der Waals surface area contributed by atoms with E-state index >= 15 is 0 Å². The Morgan fingerprint density at radius 2 is 1.88 bits per heavy atom. The van der Waals surface area contributed by atoms with Crippen LogP contribution in [0.4, 0.5) is 5.82 Å². The van der Waals surface area contributed by atoms with Crippen LogP contribution in [-0.4, -0.2) is 25.5 Å². The van der Waals surface area contributed by atoms with E-state index in [0.717, 1.165) is 26.2 Å². The normalized spacial score (nSPS) is 11.0. The van der Waals surface area contributed by atoms with Crippen molar-refractivity contribution >= 4 is 34.3 Å². The van der Waals surface area contributed by atoms with E-state index in [1.165, 1.54) is 5.56 Å². The Hall–Kier alpha value is -2.16. The molecule has 0 aliphatic heterocycles. The fourth-order valence-corrected chi connectivity index (χ4v) is 3.28. The summed E-state index contributed by atoms with van der Waals surface area (Å²) in [5.74, 6) is 0.586. The van der Waals surface area contributed by atoms with Gasteiger partial charge in [-0.1, -0.05) is 29.8 Å². The number of aryl methyl sites for hydroxylation is 3. The van der Waals surface area contributed by atoms with Gasteiger partial charge in [0.2, 0.25) is 5.91 Å². The molecular formula is C19H22IN5O. The van der Waals surface area contributed by atoms with E-state index in [9.17, 15) is 4.79 Å². The molecule has 0 atom stereocenters. The van der Waals surface area contributed by atoms with Crippen LogP contribution < -0.4 is 5.32 Å². The fourth-order valence-electron chi connectivity index (χ4n) is 2.90. The summed E-state index contributed by atoms with van der Waals surface area (Å²) < 4.78 is 4.66. The summed E-state index contributed by atoms with van der Waals surface area (Å²) in [6.07, 6.45) is 0. The van der Waals surface area contributed by atoms with Gasteiger partial charge in [0.1, 0.15) is 12.4 Å². The van der Waals surface area contributed by atoms with Gasteiger partial charge in [0, 0.05) is 11.8 Å². The van der Waals surface area contributed by atoms with E-state index in [1.54, 1.807) is 4.68 Å². The molecule has 0 aliphatic carbocycles. The average molecular weight is 463 g/mol. The first-order valence-corrected chi connectivity index (χ1v) is 9.50. The van der Waals surface area contributed by atoms with Crippen molar-refractivity contribution in [2.24, 2.45) is 0 Å². The predicted octanol–water partition coefficient (Wildman–Crippen LogP) is 3.60. The van der Waals surface area contributed by atoms with Crippen LogP contribution in [0.5, 0.6) is 0 Å². The van der Waals surface area contributed by atoms with Crippen molar-refractivity contribution in [1.29, 1.82) is 0 Å². The van der Waals surface area contributed by atoms with Crippen LogP contribution in [0.2, 0.25) is 0 Å². The maximum atomic E-state index is 12.5. The first-order valence-electron chi connectivity index (χ1n) is 8.43. The zero-order valence-corrected chi connectivity index (χ0v) is 17.5. The second-order valence-corrected chi connectivity index (χ2v) is 7.59. The Morgan fingerprint density at radius 1 is 1.12 bits per heavy atom. The van der Waals surface area contributed by atoms with E-state index in [1.807, 2.05) is 37.6 Å². The zero-order valence-electron chi connectivity index (χ0n) is 15.4. The Kier molecular flexibility index (Phi) is 5.45. The van der Waals surface area contributed by atoms with Crippen molar-refractivity contribution in [3.05, 3.63) is 62.1 Å². The van der Waals surface area contributed by atoms with Gasteiger partial charge in [0.25, 0.3) is 0 Å². The van der Waals surface area contributed by atoms with Crippen molar-refractivity contribution in [1.82, 2.24) is 19.6 Å². The highest BCUT2D eigenvalue weighted by Crippen LogP contribution is 2.17. The average Bonchev–Trinajstić information content (AvgIpc) is 3.02. The summed E-state index contributed by atoms with van der Waals surface area (Å²) in [6, 6.07) is 10.2. The quantitative estimate of drug-likeness (QED) is 0.589. The van der Waals surface area contributed by atoms with Gasteiger partial charge in [-0.25, -0.2) is 4.68 Å². The van der Waals surface area contributed by atoms with Gasteiger partial charge >= 0.3 is 0 Å². The first-order chi connectivity index (χ1) is 12.3. The highest BCUT2D eigenvalue weighted by Gasteiger charge is 2.14. The topological polar surface area (TPSA) is 64.7 Å². The Balaban J connectivity index is 1.75. The SMILES string of the molecule is Cc1cccc(Cn2nc(C)cc2NC(=O)Cn2nc(C)c(I)c2C)c1. The summed E-state index contributed by atoms with van der Waals surface area (Å²) in [6.45, 7) is 8.71. The number of benzene rings is 1. The van der Waals surface area contributed by atoms with Crippen molar-refractivity contribution < 1.29 is 4.79 Å². The maximum Gasteiger partial charge on any atom is 0.247 e. The Morgan fingerprint density at radius 3 is 2.54 bits per heavy atom. The number of nitrogens with zero attached hydrogens (tertiary/aromatic N) is 4. The molecule has 1 N–H and O–H groups in total. The second kappa shape index (κ2) is 7.61. The van der Waals surface area contributed by atoms with E-state index < -0.39 is 0 Å². The molecule has 0 radical (unpaired) electrons. The van der Waals surface area contributed by atoms with Crippen LogP contribution in [0.3, 0.4) is 0 Å². The lowest BCUT2D eigenvalue weighted by Gasteiger charge is -2.10. The van der Waals surface area contributed by atoms with Gasteiger partial charge in [-0.2, -0.15) is 10.2 Å². The van der Waals surface area contributed by atoms with Crippen LogP contribution in [-0.2, 0) is 17.9 Å². The number of carbonyl (C=O) groups excluding carboxylic acids is 1. The molecule has 3 rings (SSSR count). The van der Waals surface area contributed by atoms with Crippen LogP contribution >= 0.6 is 22.6 Å². The zero-order chi connectivity index (χ0) is 18.8. The van der Waals surface area contributed by atoms with Crippen LogP contribution in [0.15, 0.2) is 30.3 Å². The molecular weight excluding hydrogens is 441 g/mol. The lowest BCUT2D eigenvalue weighted by Crippen LogP contribution is -2.22. The molecule has 0 spiro atoms. The second-order valence-electron chi connectivity index (χ2n) is 6.51. The lowest BCUT2D eigenvalue weighted by atomic mass is 10.1. The number of halogens is 1. The summed E-state index contributed by atoms with van der Waals surface area (Å²) in [5.41, 5.74) is 5.17. The van der Waals surface area contributed by atoms with Crippen molar-refractivity contribution in [2.75, 3.05) is 5.32 Å². The third-order valence-electron chi connectivity index (χ3n) is 4.17. The molecule has 7 heteroatoms. The monoisotopic (exact) mass is 463 g/mol. The largest absolute Gasteiger partial charge is 0.309 e. The van der Waals surface area contributed by atoms with E-state index in [2.05, 4.69) is 63.2 Å². The van der Waals surface area contributed by atoms with E-state index in [-0.39, 0.29) is 12.5 Å². The van der Waals surface area contributed by atoms with Gasteiger partial charge in [0.15, 0.2) is 0 Å². The smallest absolute Gasteiger partial charge is 0.247 e. The maximum absolute atomic E-state index is 12.5. The number of carbonyl (C=O) groups is 1. The Labute approximate surface area is 166 Å². The minimum absolute atomic E-state index is 0.114. The highest BCUT2D eigenvalue weighted by atomic mass is 127.